The molecule has 0 aromatic carbocycles. The molecule has 3 aromatic rings. The maximum Gasteiger partial charge on any atom is 0.270 e. The Morgan fingerprint density at radius 3 is 2.49 bits per heavy atom. The second kappa shape index (κ2) is 10.4. The monoisotopic (exact) mass is 498 g/mol. The van der Waals surface area contributed by atoms with Crippen molar-refractivity contribution in [1.29, 1.82) is 10.5 Å². The predicted octanol–water partition coefficient (Wildman–Crippen LogP) is 3.68. The van der Waals surface area contributed by atoms with Crippen LogP contribution in [0.5, 0.6) is 0 Å². The van der Waals surface area contributed by atoms with Crippen LogP contribution in [0.2, 0.25) is 0 Å². The molecule has 1 aliphatic carbocycles. The van der Waals surface area contributed by atoms with Gasteiger partial charge in [0.1, 0.15) is 46.6 Å². The van der Waals surface area contributed by atoms with E-state index >= 15 is 0 Å². The fourth-order valence-corrected chi connectivity index (χ4v) is 4.78. The molecule has 1 aliphatic rings. The largest absolute Gasteiger partial charge is 0.390 e. The van der Waals surface area contributed by atoms with Crippen LogP contribution in [0.25, 0.3) is 11.0 Å². The van der Waals surface area contributed by atoms with Gasteiger partial charge in [-0.25, -0.2) is 15.0 Å². The first-order valence-electron chi connectivity index (χ1n) is 12.2. The van der Waals surface area contributed by atoms with Gasteiger partial charge < -0.3 is 14.3 Å². The second-order valence-electron chi connectivity index (χ2n) is 10.3. The number of aryl methyl sites for hydroxylation is 1. The summed E-state index contributed by atoms with van der Waals surface area (Å²) in [6.45, 7) is 5.85. The van der Waals surface area contributed by atoms with Gasteiger partial charge in [0.15, 0.2) is 0 Å². The van der Waals surface area contributed by atoms with Crippen LogP contribution in [0, 0.1) is 28.6 Å². The van der Waals surface area contributed by atoms with Crippen LogP contribution in [0.4, 0.5) is 5.69 Å². The summed E-state index contributed by atoms with van der Waals surface area (Å²) >= 11 is 0. The molecule has 0 N–H and O–H groups in total. The predicted molar refractivity (Wildman–Crippen MR) is 140 cm³/mol. The number of fused-ring (bicyclic) bond motifs is 1. The lowest BCUT2D eigenvalue weighted by molar-refractivity contribution is -0.0000723. The number of nitriles is 2. The first-order chi connectivity index (χ1) is 17.6. The van der Waals surface area contributed by atoms with Crippen LogP contribution in [-0.2, 0) is 11.9 Å². The molecule has 0 radical (unpaired) electrons. The van der Waals surface area contributed by atoms with E-state index in [2.05, 4.69) is 32.2 Å². The van der Waals surface area contributed by atoms with Crippen molar-refractivity contribution in [3.05, 3.63) is 58.0 Å². The molecule has 3 heterocycles. The third kappa shape index (κ3) is 5.29. The fourth-order valence-electron chi connectivity index (χ4n) is 4.78. The average Bonchev–Trinajstić information content (AvgIpc) is 2.90. The van der Waals surface area contributed by atoms with Gasteiger partial charge in [-0.3, -0.25) is 4.79 Å². The molecule has 1 fully saturated rings. The maximum absolute atomic E-state index is 13.0. The highest BCUT2D eigenvalue weighted by Gasteiger charge is 2.32. The zero-order chi connectivity index (χ0) is 26.7. The molecule has 0 bridgehead atoms. The van der Waals surface area contributed by atoms with Crippen LogP contribution in [0.1, 0.15) is 63.4 Å². The number of oxime groups is 1. The summed E-state index contributed by atoms with van der Waals surface area (Å²) in [6, 6.07) is 9.34. The van der Waals surface area contributed by atoms with Gasteiger partial charge in [0.05, 0.1) is 16.9 Å². The lowest BCUT2D eigenvalue weighted by Gasteiger charge is -2.37. The second-order valence-corrected chi connectivity index (χ2v) is 10.3. The minimum atomic E-state index is -0.431. The van der Waals surface area contributed by atoms with Gasteiger partial charge in [0, 0.05) is 32.3 Å². The summed E-state index contributed by atoms with van der Waals surface area (Å²) in [6.07, 6.45) is 6.47. The summed E-state index contributed by atoms with van der Waals surface area (Å²) in [5, 5.41) is 23.8. The van der Waals surface area contributed by atoms with Gasteiger partial charge in [-0.15, -0.1) is 0 Å². The molecule has 0 aliphatic heterocycles. The summed E-state index contributed by atoms with van der Waals surface area (Å²) < 4.78 is 1.41. The Bertz CT molecular complexity index is 1470. The number of anilines is 1. The molecule has 0 saturated heterocycles. The Balaban J connectivity index is 1.66. The Morgan fingerprint density at radius 2 is 1.89 bits per heavy atom. The number of hydrogen-bond acceptors (Lipinski definition) is 9. The molecular formula is C27H30N8O2. The number of hydrogen-bond donors (Lipinski definition) is 0. The molecule has 0 unspecified atom stereocenters. The third-order valence-electron chi connectivity index (χ3n) is 6.69. The zero-order valence-electron chi connectivity index (χ0n) is 21.8. The van der Waals surface area contributed by atoms with Crippen molar-refractivity contribution >= 4 is 22.4 Å². The molecule has 0 amide bonds. The van der Waals surface area contributed by atoms with Gasteiger partial charge in [-0.05, 0) is 64.7 Å². The standard InChI is InChI=1S/C27H30N8O2/c1-27(2,3)37-33-23(21-12-13-30-16-31-21)17-6-9-19(10-7-17)34(4)25-20(15-29)26(36)35(5)22-11-8-18(14-28)32-24(22)25/h8,11-13,16-17,19H,6-7,9-10H2,1-5H3/b33-23-. The lowest BCUT2D eigenvalue weighted by atomic mass is 9.81. The van der Waals surface area contributed by atoms with E-state index in [1.807, 2.05) is 38.8 Å². The van der Waals surface area contributed by atoms with Crippen molar-refractivity contribution in [2.45, 2.75) is 58.1 Å². The fraction of sp³-hybridized carbons (Fsp3) is 0.444. The molecule has 37 heavy (non-hydrogen) atoms. The highest BCUT2D eigenvalue weighted by atomic mass is 16.6. The van der Waals surface area contributed by atoms with Crippen molar-refractivity contribution in [1.82, 2.24) is 19.5 Å². The maximum atomic E-state index is 13.0. The summed E-state index contributed by atoms with van der Waals surface area (Å²) in [5.74, 6) is 0.140. The van der Waals surface area contributed by atoms with Crippen molar-refractivity contribution in [3.8, 4) is 12.1 Å². The van der Waals surface area contributed by atoms with E-state index in [0.29, 0.717) is 16.7 Å². The van der Waals surface area contributed by atoms with E-state index < -0.39 is 5.60 Å². The lowest BCUT2D eigenvalue weighted by Crippen LogP contribution is -2.39. The minimum absolute atomic E-state index is 0.0315. The van der Waals surface area contributed by atoms with Gasteiger partial charge >= 0.3 is 0 Å². The smallest absolute Gasteiger partial charge is 0.270 e. The zero-order valence-corrected chi connectivity index (χ0v) is 21.8. The van der Waals surface area contributed by atoms with Gasteiger partial charge in [-0.1, -0.05) is 5.16 Å². The number of rotatable bonds is 5. The Hall–Kier alpha value is -4.31. The number of aromatic nitrogens is 4. The molecule has 190 valence electrons. The van der Waals surface area contributed by atoms with Crippen molar-refractivity contribution < 1.29 is 4.84 Å². The summed E-state index contributed by atoms with van der Waals surface area (Å²) in [5.41, 5.74) is 2.53. The Morgan fingerprint density at radius 1 is 1.16 bits per heavy atom. The van der Waals surface area contributed by atoms with Crippen LogP contribution in [-0.4, -0.2) is 43.9 Å². The molecule has 0 atom stereocenters. The van der Waals surface area contributed by atoms with Crippen molar-refractivity contribution in [3.63, 3.8) is 0 Å². The normalized spacial score (nSPS) is 18.2. The molecule has 4 rings (SSSR count). The number of nitrogens with zero attached hydrogens (tertiary/aromatic N) is 8. The highest BCUT2D eigenvalue weighted by molar-refractivity contribution is 6.00. The quantitative estimate of drug-likeness (QED) is 0.384. The minimum Gasteiger partial charge on any atom is -0.390 e. The highest BCUT2D eigenvalue weighted by Crippen LogP contribution is 2.35. The summed E-state index contributed by atoms with van der Waals surface area (Å²) in [4.78, 5) is 33.7. The van der Waals surface area contributed by atoms with E-state index in [0.717, 1.165) is 37.1 Å². The first kappa shape index (κ1) is 25.8. The summed E-state index contributed by atoms with van der Waals surface area (Å²) in [7, 11) is 3.50. The van der Waals surface area contributed by atoms with E-state index in [-0.39, 0.29) is 28.8 Å². The average molecular weight is 499 g/mol. The molecular weight excluding hydrogens is 468 g/mol. The first-order valence-corrected chi connectivity index (χ1v) is 12.2. The van der Waals surface area contributed by atoms with E-state index in [4.69, 9.17) is 4.84 Å². The topological polar surface area (TPSA) is 133 Å². The molecule has 1 saturated carbocycles. The molecule has 0 spiro atoms. The van der Waals surface area contributed by atoms with Crippen LogP contribution in [0.15, 0.2) is 40.7 Å². The van der Waals surface area contributed by atoms with E-state index in [1.54, 1.807) is 25.4 Å². The SMILES string of the molecule is CN(c1c(C#N)c(=O)n(C)c2ccc(C#N)nc12)C1CCC(/C(=N/OC(C)(C)C)c2ccncn2)CC1. The molecule has 10 heteroatoms. The number of pyridine rings is 2. The molecule has 3 aromatic heterocycles. The van der Waals surface area contributed by atoms with E-state index in [9.17, 15) is 15.3 Å². The van der Waals surface area contributed by atoms with Crippen LogP contribution >= 0.6 is 0 Å². The van der Waals surface area contributed by atoms with E-state index in [1.165, 1.54) is 10.9 Å². The Kier molecular flexibility index (Phi) is 7.21. The third-order valence-corrected chi connectivity index (χ3v) is 6.69. The van der Waals surface area contributed by atoms with Crippen LogP contribution < -0.4 is 10.5 Å². The van der Waals surface area contributed by atoms with Crippen LogP contribution in [0.3, 0.4) is 0 Å². The molecule has 10 nitrogen and oxygen atoms in total. The Labute approximate surface area is 215 Å². The van der Waals surface area contributed by atoms with Gasteiger partial charge in [0.2, 0.25) is 0 Å². The van der Waals surface area contributed by atoms with Gasteiger partial charge in [-0.2, -0.15) is 10.5 Å². The van der Waals surface area contributed by atoms with Crippen molar-refractivity contribution in [2.24, 2.45) is 18.1 Å². The van der Waals surface area contributed by atoms with Crippen molar-refractivity contribution in [2.75, 3.05) is 11.9 Å². The van der Waals surface area contributed by atoms with Gasteiger partial charge in [0.25, 0.3) is 5.56 Å².